The minimum Gasteiger partial charge on any atom is -0.342 e. The molecule has 0 saturated carbocycles. The van der Waals surface area contributed by atoms with Crippen molar-refractivity contribution in [3.63, 3.8) is 0 Å². The minimum atomic E-state index is -0.183. The Morgan fingerprint density at radius 1 is 1.24 bits per heavy atom. The predicted molar refractivity (Wildman–Crippen MR) is 85.2 cm³/mol. The zero-order chi connectivity index (χ0) is 14.7. The second kappa shape index (κ2) is 6.18. The maximum atomic E-state index is 12.8. The fourth-order valence-electron chi connectivity index (χ4n) is 3.76. The van der Waals surface area contributed by atoms with Gasteiger partial charge in [0.15, 0.2) is 0 Å². The van der Waals surface area contributed by atoms with Crippen LogP contribution < -0.4 is 5.32 Å². The number of rotatable bonds is 2. The SMILES string of the molecule is CC1(C(=O)N2CCC(c3ccccc3)CC2)CCCNC1. The molecule has 21 heavy (non-hydrogen) atoms. The van der Waals surface area contributed by atoms with E-state index in [2.05, 4.69) is 47.5 Å². The molecule has 0 radical (unpaired) electrons. The summed E-state index contributed by atoms with van der Waals surface area (Å²) in [6.07, 6.45) is 4.33. The Labute approximate surface area is 127 Å². The number of carbonyl (C=O) groups is 1. The summed E-state index contributed by atoms with van der Waals surface area (Å²) in [5.74, 6) is 0.980. The number of nitrogens with zero attached hydrogens (tertiary/aromatic N) is 1. The fourth-order valence-corrected chi connectivity index (χ4v) is 3.76. The molecule has 1 aromatic rings. The number of nitrogens with one attached hydrogen (secondary N) is 1. The third-order valence-electron chi connectivity index (χ3n) is 5.17. The van der Waals surface area contributed by atoms with Crippen molar-refractivity contribution < 1.29 is 4.79 Å². The Hall–Kier alpha value is -1.35. The number of likely N-dealkylation sites (tertiary alicyclic amines) is 1. The highest BCUT2D eigenvalue weighted by molar-refractivity contribution is 5.82. The quantitative estimate of drug-likeness (QED) is 0.906. The van der Waals surface area contributed by atoms with Crippen LogP contribution in [0.15, 0.2) is 30.3 Å². The summed E-state index contributed by atoms with van der Waals surface area (Å²) in [5.41, 5.74) is 1.24. The lowest BCUT2D eigenvalue weighted by atomic mass is 9.80. The first kappa shape index (κ1) is 14.6. The molecule has 0 bridgehead atoms. The van der Waals surface area contributed by atoms with Crippen molar-refractivity contribution in [2.45, 2.75) is 38.5 Å². The Balaban J connectivity index is 1.59. The Kier molecular flexibility index (Phi) is 4.29. The van der Waals surface area contributed by atoms with Crippen molar-refractivity contribution in [1.82, 2.24) is 10.2 Å². The van der Waals surface area contributed by atoms with Gasteiger partial charge in [-0.1, -0.05) is 30.3 Å². The van der Waals surface area contributed by atoms with Gasteiger partial charge in [-0.2, -0.15) is 0 Å². The molecule has 2 heterocycles. The summed E-state index contributed by atoms with van der Waals surface area (Å²) in [5, 5.41) is 3.38. The second-order valence-electron chi connectivity index (χ2n) is 6.82. The molecular formula is C18H26N2O. The topological polar surface area (TPSA) is 32.3 Å². The summed E-state index contributed by atoms with van der Waals surface area (Å²) in [7, 11) is 0. The van der Waals surface area contributed by atoms with Crippen LogP contribution in [0.5, 0.6) is 0 Å². The summed E-state index contributed by atoms with van der Waals surface area (Å²) in [6, 6.07) is 10.7. The Morgan fingerprint density at radius 3 is 2.57 bits per heavy atom. The van der Waals surface area contributed by atoms with E-state index in [1.54, 1.807) is 0 Å². The van der Waals surface area contributed by atoms with E-state index in [1.165, 1.54) is 5.56 Å². The molecule has 0 aromatic heterocycles. The van der Waals surface area contributed by atoms with Crippen LogP contribution >= 0.6 is 0 Å². The van der Waals surface area contributed by atoms with Crippen molar-refractivity contribution in [2.75, 3.05) is 26.2 Å². The predicted octanol–water partition coefficient (Wildman–Crippen LogP) is 2.78. The molecule has 2 saturated heterocycles. The smallest absolute Gasteiger partial charge is 0.229 e. The van der Waals surface area contributed by atoms with Crippen LogP contribution in [0.25, 0.3) is 0 Å². The molecule has 2 aliphatic rings. The molecular weight excluding hydrogens is 260 g/mol. The first-order valence-electron chi connectivity index (χ1n) is 8.24. The van der Waals surface area contributed by atoms with Gasteiger partial charge in [0.1, 0.15) is 0 Å². The van der Waals surface area contributed by atoms with E-state index in [4.69, 9.17) is 0 Å². The molecule has 3 rings (SSSR count). The lowest BCUT2D eigenvalue weighted by molar-refractivity contribution is -0.143. The van der Waals surface area contributed by atoms with Gasteiger partial charge in [0.2, 0.25) is 5.91 Å². The van der Waals surface area contributed by atoms with Crippen LogP contribution in [0.2, 0.25) is 0 Å². The number of benzene rings is 1. The van der Waals surface area contributed by atoms with Crippen molar-refractivity contribution in [3.05, 3.63) is 35.9 Å². The standard InChI is InChI=1S/C18H26N2O/c1-18(10-5-11-19-14-18)17(21)20-12-8-16(9-13-20)15-6-3-2-4-7-15/h2-4,6-7,16,19H,5,8-14H2,1H3. The summed E-state index contributed by atoms with van der Waals surface area (Å²) >= 11 is 0. The van der Waals surface area contributed by atoms with Crippen molar-refractivity contribution >= 4 is 5.91 Å². The molecule has 2 fully saturated rings. The lowest BCUT2D eigenvalue weighted by Crippen LogP contribution is -2.51. The highest BCUT2D eigenvalue weighted by Crippen LogP contribution is 2.32. The molecule has 2 aliphatic heterocycles. The number of carbonyl (C=O) groups excluding carboxylic acids is 1. The molecule has 3 heteroatoms. The first-order valence-corrected chi connectivity index (χ1v) is 8.24. The van der Waals surface area contributed by atoms with Gasteiger partial charge in [0, 0.05) is 19.6 Å². The largest absolute Gasteiger partial charge is 0.342 e. The number of hydrogen-bond acceptors (Lipinski definition) is 2. The fraction of sp³-hybridized carbons (Fsp3) is 0.611. The molecule has 1 aromatic carbocycles. The first-order chi connectivity index (χ1) is 10.2. The average Bonchev–Trinajstić information content (AvgIpc) is 2.56. The maximum absolute atomic E-state index is 12.8. The number of hydrogen-bond donors (Lipinski definition) is 1. The van der Waals surface area contributed by atoms with Gasteiger partial charge in [0.05, 0.1) is 5.41 Å². The van der Waals surface area contributed by atoms with Gasteiger partial charge >= 0.3 is 0 Å². The highest BCUT2D eigenvalue weighted by Gasteiger charge is 2.38. The molecule has 3 nitrogen and oxygen atoms in total. The van der Waals surface area contributed by atoms with Gasteiger partial charge in [0.25, 0.3) is 0 Å². The number of amides is 1. The lowest BCUT2D eigenvalue weighted by Gasteiger charge is -2.40. The molecule has 1 unspecified atom stereocenters. The van der Waals surface area contributed by atoms with Gasteiger partial charge < -0.3 is 10.2 Å². The van der Waals surface area contributed by atoms with Crippen LogP contribution in [0.3, 0.4) is 0 Å². The summed E-state index contributed by atoms with van der Waals surface area (Å²) in [6.45, 7) is 5.84. The minimum absolute atomic E-state index is 0.183. The van der Waals surface area contributed by atoms with E-state index in [-0.39, 0.29) is 5.41 Å². The second-order valence-corrected chi connectivity index (χ2v) is 6.82. The van der Waals surface area contributed by atoms with Crippen LogP contribution in [0.4, 0.5) is 0 Å². The zero-order valence-corrected chi connectivity index (χ0v) is 13.0. The number of piperidine rings is 2. The van der Waals surface area contributed by atoms with Gasteiger partial charge in [-0.25, -0.2) is 0 Å². The third kappa shape index (κ3) is 3.13. The summed E-state index contributed by atoms with van der Waals surface area (Å²) in [4.78, 5) is 14.9. The molecule has 114 valence electrons. The highest BCUT2D eigenvalue weighted by atomic mass is 16.2. The Bertz CT molecular complexity index is 471. The molecule has 1 atom stereocenters. The Morgan fingerprint density at radius 2 is 1.95 bits per heavy atom. The monoisotopic (exact) mass is 286 g/mol. The van der Waals surface area contributed by atoms with Gasteiger partial charge in [-0.3, -0.25) is 4.79 Å². The zero-order valence-electron chi connectivity index (χ0n) is 13.0. The van der Waals surface area contributed by atoms with Crippen LogP contribution in [0.1, 0.15) is 44.1 Å². The van der Waals surface area contributed by atoms with E-state index in [0.717, 1.165) is 51.9 Å². The van der Waals surface area contributed by atoms with Crippen molar-refractivity contribution in [2.24, 2.45) is 5.41 Å². The van der Waals surface area contributed by atoms with Crippen LogP contribution in [0, 0.1) is 5.41 Å². The maximum Gasteiger partial charge on any atom is 0.229 e. The molecule has 1 amide bonds. The normalized spacial score (nSPS) is 27.6. The summed E-state index contributed by atoms with van der Waals surface area (Å²) < 4.78 is 0. The van der Waals surface area contributed by atoms with E-state index in [9.17, 15) is 4.79 Å². The van der Waals surface area contributed by atoms with E-state index in [1.807, 2.05) is 0 Å². The van der Waals surface area contributed by atoms with Gasteiger partial charge in [-0.15, -0.1) is 0 Å². The molecule has 1 N–H and O–H groups in total. The van der Waals surface area contributed by atoms with E-state index >= 15 is 0 Å². The van der Waals surface area contributed by atoms with Gasteiger partial charge in [-0.05, 0) is 50.6 Å². The average molecular weight is 286 g/mol. The van der Waals surface area contributed by atoms with Crippen LogP contribution in [-0.4, -0.2) is 37.0 Å². The third-order valence-corrected chi connectivity index (χ3v) is 5.17. The molecule has 0 aliphatic carbocycles. The van der Waals surface area contributed by atoms with E-state index < -0.39 is 0 Å². The van der Waals surface area contributed by atoms with Crippen molar-refractivity contribution in [1.29, 1.82) is 0 Å². The van der Waals surface area contributed by atoms with E-state index in [0.29, 0.717) is 11.8 Å². The van der Waals surface area contributed by atoms with Crippen LogP contribution in [-0.2, 0) is 4.79 Å². The van der Waals surface area contributed by atoms with Crippen molar-refractivity contribution in [3.8, 4) is 0 Å². The molecule has 0 spiro atoms.